The summed E-state index contributed by atoms with van der Waals surface area (Å²) in [6.07, 6.45) is 26.6. The summed E-state index contributed by atoms with van der Waals surface area (Å²) in [5, 5.41) is 7.46. The van der Waals surface area contributed by atoms with Gasteiger partial charge in [0, 0.05) is 145 Å². The third-order valence-corrected chi connectivity index (χ3v) is 35.4. The molecule has 0 atom stereocenters. The Morgan fingerprint density at radius 1 is 0.413 bits per heavy atom. The van der Waals surface area contributed by atoms with E-state index in [0.29, 0.717) is 189 Å². The Hall–Kier alpha value is -10.6. The third-order valence-electron chi connectivity index (χ3n) is 28.7. The molecule has 0 unspecified atom stereocenters. The van der Waals surface area contributed by atoms with E-state index < -0.39 is 131 Å². The van der Waals surface area contributed by atoms with Crippen LogP contribution in [0.3, 0.4) is 0 Å². The van der Waals surface area contributed by atoms with Crippen LogP contribution in [0.2, 0.25) is 0 Å². The summed E-state index contributed by atoms with van der Waals surface area (Å²) < 4.78 is 302. The van der Waals surface area contributed by atoms with Crippen molar-refractivity contribution in [3.63, 3.8) is 0 Å². The predicted octanol–water partition coefficient (Wildman–Crippen LogP) is 18.1. The van der Waals surface area contributed by atoms with Gasteiger partial charge in [-0.25, -0.2) is 4.39 Å². The minimum atomic E-state index is -4.64. The van der Waals surface area contributed by atoms with Crippen molar-refractivity contribution in [3.05, 3.63) is 255 Å². The molecular weight excluding hydrogens is 2090 g/mol. The lowest BCUT2D eigenvalue weighted by atomic mass is 9.78. The molecule has 0 fully saturated rings. The molecule has 0 saturated heterocycles. The Morgan fingerprint density at radius 3 is 1.41 bits per heavy atom. The van der Waals surface area contributed by atoms with Gasteiger partial charge in [0.1, 0.15) is 30.4 Å². The van der Waals surface area contributed by atoms with Crippen LogP contribution in [0.25, 0.3) is 16.3 Å². The summed E-state index contributed by atoms with van der Waals surface area (Å²) >= 11 is 0. The number of unbranched alkanes of at least 4 members (excludes halogenated alkanes) is 8. The molecule has 0 spiro atoms. The van der Waals surface area contributed by atoms with Gasteiger partial charge in [-0.1, -0.05) is 83.0 Å². The average Bonchev–Trinajstić information content (AvgIpc) is 1.57. The molecule has 0 saturated carbocycles. The molecule has 812 valence electrons. The summed E-state index contributed by atoms with van der Waals surface area (Å²) in [6, 6.07) is 34.2. The van der Waals surface area contributed by atoms with Crippen LogP contribution in [0.4, 0.5) is 32.8 Å². The number of carbonyl (C=O) groups is 2. The summed E-state index contributed by atoms with van der Waals surface area (Å²) in [5.74, 6) is -2.19. The zero-order chi connectivity index (χ0) is 109. The van der Waals surface area contributed by atoms with Crippen molar-refractivity contribution in [3.8, 4) is 5.75 Å². The number of hydrogen-bond acceptors (Lipinski definition) is 22. The number of fused-ring (bicyclic) bond motifs is 6. The lowest BCUT2D eigenvalue weighted by Crippen LogP contribution is -2.29. The molecular formula is C107H134FN7O27S8+2. The van der Waals surface area contributed by atoms with Gasteiger partial charge in [-0.2, -0.15) is 76.5 Å². The number of anilines is 3. The molecule has 34 nitrogen and oxygen atoms in total. The van der Waals surface area contributed by atoms with E-state index in [1.807, 2.05) is 118 Å². The number of halogens is 1. The number of carbonyl (C=O) groups excluding carboxylic acids is 2. The monoisotopic (exact) mass is 2220 g/mol. The van der Waals surface area contributed by atoms with E-state index in [9.17, 15) is 113 Å². The molecule has 10 N–H and O–H groups in total. The van der Waals surface area contributed by atoms with Crippen molar-refractivity contribution >= 4 is 149 Å². The summed E-state index contributed by atoms with van der Waals surface area (Å²) in [7, 11) is -35.8. The lowest BCUT2D eigenvalue weighted by molar-refractivity contribution is -0.438. The van der Waals surface area contributed by atoms with E-state index in [1.165, 1.54) is 66.7 Å². The Balaban J connectivity index is 0.641. The molecule has 7 aromatic rings. The number of ether oxygens (including phenoxy) is 1. The first-order valence-corrected chi connectivity index (χ1v) is 62.4. The first-order chi connectivity index (χ1) is 70.2. The Bertz CT molecular complexity index is 7680. The average molecular weight is 2230 g/mol. The Kier molecular flexibility index (Phi) is 36.9. The van der Waals surface area contributed by atoms with Crippen LogP contribution in [0.15, 0.2) is 241 Å². The molecule has 13 rings (SSSR count). The predicted molar refractivity (Wildman–Crippen MR) is 577 cm³/mol. The fourth-order valence-corrected chi connectivity index (χ4v) is 25.3. The van der Waals surface area contributed by atoms with Crippen molar-refractivity contribution in [2.45, 2.75) is 244 Å². The highest BCUT2D eigenvalue weighted by Crippen LogP contribution is 2.53. The SMILES string of the molecule is CC1(C)C(/C=C/C2=C(Oc3ccc(S(=O)(=O)O)cc3)C(=C/C=C3/N(CCCCS(=O)(=O)O)c4ccc(S(=O)(=O)O)cc4C3(C)C)/CCC2)=[N+](CCCCCC(=O)NCCCCCCNC(=O)CCCCC[N+]2=C(/C=C/C3=C(c4ccccc4F)C(=C/C=C4/N(CCCS(=O)(=O)O)c5ccc(N(CCCS(=O)(=O)O)CCCS(=O)(=O)O)cc5C4(C)C)/CCC3)C(C)(C)c3c2ccc2cc(S(=O)(=O)O)ccc32)c2ccc(S(=O)(=O)O)cc21. The second kappa shape index (κ2) is 47.6. The summed E-state index contributed by atoms with van der Waals surface area (Å²) in [4.78, 5) is 31.2. The van der Waals surface area contributed by atoms with Gasteiger partial charge < -0.3 is 30.1 Å². The Morgan fingerprint density at radius 2 is 0.860 bits per heavy atom. The van der Waals surface area contributed by atoms with Crippen molar-refractivity contribution in [2.24, 2.45) is 0 Å². The molecule has 43 heteroatoms. The molecule has 2 aliphatic carbocycles. The van der Waals surface area contributed by atoms with Crippen LogP contribution in [0.1, 0.15) is 231 Å². The number of rotatable bonds is 50. The second-order valence-corrected chi connectivity index (χ2v) is 53.0. The van der Waals surface area contributed by atoms with Crippen molar-refractivity contribution in [1.29, 1.82) is 0 Å². The van der Waals surface area contributed by atoms with Crippen LogP contribution >= 0.6 is 0 Å². The van der Waals surface area contributed by atoms with Crippen molar-refractivity contribution in [2.75, 3.05) is 90.1 Å². The first kappa shape index (κ1) is 116. The van der Waals surface area contributed by atoms with E-state index in [-0.39, 0.29) is 102 Å². The first-order valence-electron chi connectivity index (χ1n) is 50.2. The summed E-state index contributed by atoms with van der Waals surface area (Å²) in [5.41, 5.74) is 10.1. The van der Waals surface area contributed by atoms with Gasteiger partial charge >= 0.3 is 0 Å². The van der Waals surface area contributed by atoms with Crippen LogP contribution in [0.5, 0.6) is 5.75 Å². The number of amides is 2. The quantitative estimate of drug-likeness (QED) is 0.00961. The summed E-state index contributed by atoms with van der Waals surface area (Å²) in [6.45, 7) is 18.2. The number of benzene rings is 7. The molecule has 0 radical (unpaired) electrons. The fraction of sp³-hybridized carbons (Fsp3) is 0.439. The molecule has 7 aromatic carbocycles. The van der Waals surface area contributed by atoms with E-state index in [0.717, 1.165) is 69.7 Å². The molecule has 2 amide bonds. The highest BCUT2D eigenvalue weighted by Gasteiger charge is 2.49. The zero-order valence-corrected chi connectivity index (χ0v) is 91.8. The van der Waals surface area contributed by atoms with Gasteiger partial charge in [-0.15, -0.1) is 0 Å². The van der Waals surface area contributed by atoms with E-state index in [1.54, 1.807) is 47.4 Å². The maximum atomic E-state index is 16.7. The topological polar surface area (TPSA) is 518 Å². The number of allylic oxidation sites excluding steroid dienone is 15. The maximum absolute atomic E-state index is 16.7. The largest absolute Gasteiger partial charge is 0.457 e. The number of nitrogens with one attached hydrogen (secondary N) is 2. The van der Waals surface area contributed by atoms with Crippen LogP contribution in [-0.2, 0) is 112 Å². The van der Waals surface area contributed by atoms with Crippen LogP contribution < -0.4 is 30.1 Å². The minimum Gasteiger partial charge on any atom is -0.457 e. The van der Waals surface area contributed by atoms with Gasteiger partial charge in [0.15, 0.2) is 11.4 Å². The smallest absolute Gasteiger partial charge is 0.294 e. The van der Waals surface area contributed by atoms with Gasteiger partial charge in [0.2, 0.25) is 23.2 Å². The lowest BCUT2D eigenvalue weighted by Gasteiger charge is -2.28. The molecule has 150 heavy (non-hydrogen) atoms. The van der Waals surface area contributed by atoms with E-state index in [2.05, 4.69) is 39.7 Å². The molecule has 4 heterocycles. The fourth-order valence-electron chi connectivity index (χ4n) is 21.2. The number of hydrogen-bond donors (Lipinski definition) is 10. The third kappa shape index (κ3) is 29.3. The zero-order valence-electron chi connectivity index (χ0n) is 85.3. The van der Waals surface area contributed by atoms with Crippen LogP contribution in [-0.4, -0.2) is 212 Å². The highest BCUT2D eigenvalue weighted by molar-refractivity contribution is 7.87. The Labute approximate surface area is 880 Å². The van der Waals surface area contributed by atoms with Crippen molar-refractivity contribution in [1.82, 2.24) is 10.6 Å². The maximum Gasteiger partial charge on any atom is 0.294 e. The van der Waals surface area contributed by atoms with Crippen LogP contribution in [0, 0.1) is 5.82 Å². The van der Waals surface area contributed by atoms with Gasteiger partial charge in [0.25, 0.3) is 80.9 Å². The number of nitrogens with zero attached hydrogens (tertiary/aromatic N) is 5. The van der Waals surface area contributed by atoms with Gasteiger partial charge in [-0.3, -0.25) is 46.0 Å². The van der Waals surface area contributed by atoms with Crippen molar-refractivity contribution < 1.29 is 132 Å². The minimum absolute atomic E-state index is 0.0158. The second-order valence-electron chi connectivity index (χ2n) is 41.0. The van der Waals surface area contributed by atoms with E-state index >= 15 is 4.39 Å². The molecule has 4 aliphatic heterocycles. The molecule has 6 aliphatic rings. The normalized spacial score (nSPS) is 18.0. The van der Waals surface area contributed by atoms with Gasteiger partial charge in [0.05, 0.1) is 53.4 Å². The molecule has 0 bridgehead atoms. The highest BCUT2D eigenvalue weighted by atomic mass is 32.2. The molecule has 0 aromatic heterocycles. The van der Waals surface area contributed by atoms with Gasteiger partial charge in [-0.05, 0) is 302 Å². The standard InChI is InChI=1S/C107H132FN7O27S8/c1-104(2)87-71-79(111(60-25-67-144(121,122)123)61-26-68-145(124,125)126)41-51-91(87)114(65-27-69-146(127,128)129)95(104)54-37-74-28-23-29-75(101(74)86-32-15-16-33-90(86)108)38-55-98-107(7,8)102-85-49-46-82(148(133,134)135)70-78(85)36-50-94(102)115(98)63-20-12-14-35-100(117)110-59-18-10-9-17-58-109-99(116)34-13-11-19-62-112-92-52-47-83(149(136,137)138)72-88(92)105(3,4)96(112)56-39-76-30-24-31-77(103(76)142-80-42-44-81(45-43-80)147(130,131)132)40-57-97-106(5,6)89-73-84(150(139,140)141)48-53-93(89)113(97)64-21-22-66-143(118,119)120/h15-16,32-33,36-57,70-73H,9-14,17-31,34-35,58-69H2,1-8H3,(H8-2,109,110,116,117,118,119,120,121,122,123,124,125,126,127,128,129,130,131,132,133,134,135,136,137,138,139,140,141)/p+2. The van der Waals surface area contributed by atoms with E-state index in [4.69, 9.17) is 4.74 Å².